The number of rotatable bonds is 6. The third kappa shape index (κ3) is 7.82. The number of carbonyl (C=O) groups is 2. The van der Waals surface area contributed by atoms with E-state index in [1.807, 2.05) is 36.4 Å². The van der Waals surface area contributed by atoms with Gasteiger partial charge in [-0.25, -0.2) is 4.79 Å². The van der Waals surface area contributed by atoms with Crippen molar-refractivity contribution < 1.29 is 32.6 Å². The molecule has 1 saturated heterocycles. The van der Waals surface area contributed by atoms with E-state index in [4.69, 9.17) is 26.2 Å². The number of hydrogen-bond acceptors (Lipinski definition) is 5. The van der Waals surface area contributed by atoms with Crippen LogP contribution in [-0.4, -0.2) is 58.8 Å². The van der Waals surface area contributed by atoms with E-state index >= 15 is 0 Å². The maximum Gasteiger partial charge on any atom is 0.490 e. The number of nitrogens with zero attached hydrogens (tertiary/aromatic N) is 2. The number of ether oxygens (including phenoxy) is 1. The van der Waals surface area contributed by atoms with Crippen LogP contribution in [0, 0.1) is 5.92 Å². The SMILES string of the molecule is O=C(Nc1ccc(OC2CCN(CC3CC3)CC2)c(Cl)c1)c1ccc2ncccc2c1.O=C(O)C(F)(F)F. The van der Waals surface area contributed by atoms with E-state index in [9.17, 15) is 18.0 Å². The van der Waals surface area contributed by atoms with Gasteiger partial charge in [-0.15, -0.1) is 0 Å². The first kappa shape index (κ1) is 27.7. The second-order valence-electron chi connectivity index (χ2n) is 9.37. The van der Waals surface area contributed by atoms with Gasteiger partial charge in [0, 0.05) is 42.5 Å². The standard InChI is InChI=1S/C25H26ClN3O2.C2HF3O2/c26-22-15-20(28-25(30)19-5-7-23-18(14-19)2-1-11-27-23)6-8-24(22)31-21-9-12-29(13-10-21)16-17-3-4-17;3-2(4,5)1(6)7/h1-2,5-8,11,14-15,17,21H,3-4,9-10,12-13,16H2,(H,28,30);(H,6,7). The van der Waals surface area contributed by atoms with E-state index in [1.165, 1.54) is 19.4 Å². The van der Waals surface area contributed by atoms with Gasteiger partial charge < -0.3 is 20.1 Å². The van der Waals surface area contributed by atoms with Crippen LogP contribution in [0.5, 0.6) is 5.75 Å². The average Bonchev–Trinajstić information content (AvgIpc) is 3.70. The molecule has 7 nitrogen and oxygen atoms in total. The molecule has 0 bridgehead atoms. The van der Waals surface area contributed by atoms with Gasteiger partial charge in [-0.2, -0.15) is 13.2 Å². The van der Waals surface area contributed by atoms with Gasteiger partial charge in [0.2, 0.25) is 0 Å². The highest BCUT2D eigenvalue weighted by Gasteiger charge is 2.38. The Kier molecular flexibility index (Phi) is 8.73. The minimum atomic E-state index is -5.08. The van der Waals surface area contributed by atoms with Gasteiger partial charge in [0.15, 0.2) is 0 Å². The number of aromatic nitrogens is 1. The number of carbonyl (C=O) groups excluding carboxylic acids is 1. The van der Waals surface area contributed by atoms with Crippen molar-refractivity contribution in [3.63, 3.8) is 0 Å². The predicted molar refractivity (Wildman–Crippen MR) is 138 cm³/mol. The van der Waals surface area contributed by atoms with Crippen LogP contribution in [-0.2, 0) is 4.79 Å². The van der Waals surface area contributed by atoms with E-state index in [-0.39, 0.29) is 12.0 Å². The zero-order chi connectivity index (χ0) is 27.3. The van der Waals surface area contributed by atoms with Crippen molar-refractivity contribution in [1.82, 2.24) is 9.88 Å². The Morgan fingerprint density at radius 1 is 1.08 bits per heavy atom. The van der Waals surface area contributed by atoms with Crippen LogP contribution < -0.4 is 10.1 Å². The number of anilines is 1. The molecule has 5 rings (SSSR count). The number of halogens is 4. The van der Waals surface area contributed by atoms with Crippen LogP contribution in [0.1, 0.15) is 36.0 Å². The van der Waals surface area contributed by atoms with Crippen molar-refractivity contribution in [3.05, 3.63) is 65.3 Å². The first-order valence-electron chi connectivity index (χ1n) is 12.2. The number of alkyl halides is 3. The Balaban J connectivity index is 0.000000426. The lowest BCUT2D eigenvalue weighted by atomic mass is 10.1. The maximum absolute atomic E-state index is 12.7. The number of carboxylic acid groups (broad SMARTS) is 1. The minimum absolute atomic E-state index is 0.182. The molecule has 3 aromatic rings. The number of fused-ring (bicyclic) bond motifs is 1. The lowest BCUT2D eigenvalue weighted by Crippen LogP contribution is -2.39. The van der Waals surface area contributed by atoms with Gasteiger partial charge in [-0.05, 0) is 74.1 Å². The molecule has 38 heavy (non-hydrogen) atoms. The van der Waals surface area contributed by atoms with E-state index < -0.39 is 12.1 Å². The van der Waals surface area contributed by atoms with Gasteiger partial charge in [-0.3, -0.25) is 9.78 Å². The summed E-state index contributed by atoms with van der Waals surface area (Å²) in [7, 11) is 0. The normalized spacial score (nSPS) is 16.4. The predicted octanol–water partition coefficient (Wildman–Crippen LogP) is 6.03. The zero-order valence-corrected chi connectivity index (χ0v) is 21.1. The summed E-state index contributed by atoms with van der Waals surface area (Å²) in [6, 6.07) is 14.7. The number of aliphatic carboxylic acids is 1. The fourth-order valence-corrected chi connectivity index (χ4v) is 4.37. The van der Waals surface area contributed by atoms with Crippen molar-refractivity contribution in [1.29, 1.82) is 0 Å². The molecule has 0 spiro atoms. The molecule has 202 valence electrons. The topological polar surface area (TPSA) is 91.8 Å². The molecule has 11 heteroatoms. The van der Waals surface area contributed by atoms with Gasteiger partial charge in [0.1, 0.15) is 11.9 Å². The molecule has 0 atom stereocenters. The molecule has 2 N–H and O–H groups in total. The van der Waals surface area contributed by atoms with Crippen molar-refractivity contribution >= 4 is 40.1 Å². The number of amides is 1. The summed E-state index contributed by atoms with van der Waals surface area (Å²) in [5.41, 5.74) is 2.09. The fraction of sp³-hybridized carbons (Fsp3) is 0.370. The highest BCUT2D eigenvalue weighted by Crippen LogP contribution is 2.33. The molecule has 0 unspecified atom stereocenters. The Hall–Kier alpha value is -3.37. The Labute approximate surface area is 222 Å². The molecule has 0 radical (unpaired) electrons. The van der Waals surface area contributed by atoms with E-state index in [0.717, 1.165) is 42.8 Å². The Bertz CT molecular complexity index is 1290. The van der Waals surface area contributed by atoms with Crippen LogP contribution >= 0.6 is 11.6 Å². The number of piperidine rings is 1. The quantitative estimate of drug-likeness (QED) is 0.390. The zero-order valence-electron chi connectivity index (χ0n) is 20.4. The van der Waals surface area contributed by atoms with Crippen LogP contribution in [0.3, 0.4) is 0 Å². The fourth-order valence-electron chi connectivity index (χ4n) is 4.15. The number of carboxylic acids is 1. The van der Waals surface area contributed by atoms with Crippen molar-refractivity contribution in [3.8, 4) is 5.75 Å². The smallest absolute Gasteiger partial charge is 0.489 e. The molecule has 1 aliphatic carbocycles. The molecular formula is C27H27ClF3N3O4. The van der Waals surface area contributed by atoms with Crippen molar-refractivity contribution in [2.24, 2.45) is 5.92 Å². The van der Waals surface area contributed by atoms with Crippen LogP contribution in [0.25, 0.3) is 10.9 Å². The molecule has 2 aromatic carbocycles. The average molecular weight is 550 g/mol. The number of pyridine rings is 1. The molecular weight excluding hydrogens is 523 g/mol. The molecule has 1 saturated carbocycles. The molecule has 2 fully saturated rings. The Morgan fingerprint density at radius 2 is 1.79 bits per heavy atom. The van der Waals surface area contributed by atoms with E-state index in [1.54, 1.807) is 18.3 Å². The van der Waals surface area contributed by atoms with Crippen LogP contribution in [0.4, 0.5) is 18.9 Å². The lowest BCUT2D eigenvalue weighted by Gasteiger charge is -2.32. The Morgan fingerprint density at radius 3 is 2.42 bits per heavy atom. The summed E-state index contributed by atoms with van der Waals surface area (Å²) in [5.74, 6) is -1.33. The van der Waals surface area contributed by atoms with Gasteiger partial charge >= 0.3 is 12.1 Å². The summed E-state index contributed by atoms with van der Waals surface area (Å²) in [6.07, 6.45) is 1.70. The van der Waals surface area contributed by atoms with Crippen molar-refractivity contribution in [2.45, 2.75) is 38.0 Å². The van der Waals surface area contributed by atoms with Gasteiger partial charge in [0.05, 0.1) is 10.5 Å². The van der Waals surface area contributed by atoms with E-state index in [0.29, 0.717) is 22.0 Å². The minimum Gasteiger partial charge on any atom is -0.489 e. The summed E-state index contributed by atoms with van der Waals surface area (Å²) in [5, 5.41) is 11.5. The number of nitrogens with one attached hydrogen (secondary N) is 1. The summed E-state index contributed by atoms with van der Waals surface area (Å²) in [4.78, 5) is 28.4. The number of benzene rings is 2. The molecule has 2 aliphatic rings. The van der Waals surface area contributed by atoms with Gasteiger partial charge in [-0.1, -0.05) is 17.7 Å². The summed E-state index contributed by atoms with van der Waals surface area (Å²) < 4.78 is 37.9. The third-order valence-corrected chi connectivity index (χ3v) is 6.63. The van der Waals surface area contributed by atoms with Crippen LogP contribution in [0.15, 0.2) is 54.7 Å². The van der Waals surface area contributed by atoms with E-state index in [2.05, 4.69) is 15.2 Å². The molecule has 1 aromatic heterocycles. The summed E-state index contributed by atoms with van der Waals surface area (Å²) >= 11 is 6.47. The monoisotopic (exact) mass is 549 g/mol. The second-order valence-corrected chi connectivity index (χ2v) is 9.78. The van der Waals surface area contributed by atoms with Crippen molar-refractivity contribution in [2.75, 3.05) is 25.0 Å². The van der Waals surface area contributed by atoms with Gasteiger partial charge in [0.25, 0.3) is 5.91 Å². The largest absolute Gasteiger partial charge is 0.490 e. The molecule has 1 amide bonds. The lowest BCUT2D eigenvalue weighted by molar-refractivity contribution is -0.192. The second kappa shape index (κ2) is 12.0. The first-order chi connectivity index (χ1) is 18.1. The maximum atomic E-state index is 12.7. The number of likely N-dealkylation sites (tertiary alicyclic amines) is 1. The van der Waals surface area contributed by atoms with Crippen LogP contribution in [0.2, 0.25) is 5.02 Å². The highest BCUT2D eigenvalue weighted by molar-refractivity contribution is 6.32. The highest BCUT2D eigenvalue weighted by atomic mass is 35.5. The molecule has 1 aliphatic heterocycles. The molecule has 2 heterocycles. The summed E-state index contributed by atoms with van der Waals surface area (Å²) in [6.45, 7) is 3.43. The first-order valence-corrected chi connectivity index (χ1v) is 12.6. The number of hydrogen-bond donors (Lipinski definition) is 2. The third-order valence-electron chi connectivity index (χ3n) is 6.34.